The average Bonchev–Trinajstić information content (AvgIpc) is 2.61. The SMILES string of the molecule is Cc1cs/c(=N\N=C/c2cccc(O)c2)n1N. The van der Waals surface area contributed by atoms with Crippen molar-refractivity contribution in [1.82, 2.24) is 4.68 Å². The molecule has 0 unspecified atom stereocenters. The Hall–Kier alpha value is -2.08. The second kappa shape index (κ2) is 4.84. The summed E-state index contributed by atoms with van der Waals surface area (Å²) in [5.41, 5.74) is 1.71. The average molecular weight is 248 g/mol. The Morgan fingerprint density at radius 1 is 1.47 bits per heavy atom. The summed E-state index contributed by atoms with van der Waals surface area (Å²) >= 11 is 1.42. The molecule has 0 aliphatic heterocycles. The summed E-state index contributed by atoms with van der Waals surface area (Å²) in [7, 11) is 0. The van der Waals surface area contributed by atoms with E-state index < -0.39 is 0 Å². The Kier molecular flexibility index (Phi) is 3.24. The van der Waals surface area contributed by atoms with Crippen molar-refractivity contribution < 1.29 is 5.11 Å². The fraction of sp³-hybridized carbons (Fsp3) is 0.0909. The van der Waals surface area contributed by atoms with Crippen LogP contribution in [-0.4, -0.2) is 16.0 Å². The van der Waals surface area contributed by atoms with Gasteiger partial charge in [-0.1, -0.05) is 12.1 Å². The molecule has 0 spiro atoms. The molecule has 1 aromatic heterocycles. The number of rotatable bonds is 2. The van der Waals surface area contributed by atoms with Crippen molar-refractivity contribution in [2.24, 2.45) is 10.2 Å². The zero-order chi connectivity index (χ0) is 12.3. The molecule has 0 bridgehead atoms. The van der Waals surface area contributed by atoms with E-state index in [-0.39, 0.29) is 5.75 Å². The summed E-state index contributed by atoms with van der Waals surface area (Å²) in [5, 5.41) is 19.1. The lowest BCUT2D eigenvalue weighted by molar-refractivity contribution is 0.475. The minimum Gasteiger partial charge on any atom is -0.508 e. The Labute approximate surface area is 102 Å². The molecule has 2 aromatic rings. The van der Waals surface area contributed by atoms with Gasteiger partial charge in [-0.15, -0.1) is 16.4 Å². The molecule has 0 radical (unpaired) electrons. The first kappa shape index (κ1) is 11.4. The first-order chi connectivity index (χ1) is 8.16. The number of nitrogens with zero attached hydrogens (tertiary/aromatic N) is 3. The highest BCUT2D eigenvalue weighted by atomic mass is 32.1. The third-order valence-electron chi connectivity index (χ3n) is 2.14. The molecule has 0 aliphatic carbocycles. The number of nitrogen functional groups attached to an aromatic ring is 1. The molecule has 0 atom stereocenters. The van der Waals surface area contributed by atoms with E-state index >= 15 is 0 Å². The number of thiazole rings is 1. The summed E-state index contributed by atoms with van der Waals surface area (Å²) in [5.74, 6) is 5.93. The summed E-state index contributed by atoms with van der Waals surface area (Å²) < 4.78 is 1.48. The van der Waals surface area contributed by atoms with Gasteiger partial charge in [0.2, 0.25) is 4.80 Å². The van der Waals surface area contributed by atoms with Crippen LogP contribution < -0.4 is 10.6 Å². The van der Waals surface area contributed by atoms with Gasteiger partial charge in [0, 0.05) is 11.1 Å². The molecule has 5 nitrogen and oxygen atoms in total. The molecule has 6 heteroatoms. The molecule has 88 valence electrons. The van der Waals surface area contributed by atoms with Gasteiger partial charge in [0.05, 0.1) is 6.21 Å². The van der Waals surface area contributed by atoms with Crippen molar-refractivity contribution in [3.05, 3.63) is 45.7 Å². The summed E-state index contributed by atoms with van der Waals surface area (Å²) in [4.78, 5) is 0.624. The van der Waals surface area contributed by atoms with Crippen LogP contribution in [-0.2, 0) is 0 Å². The van der Waals surface area contributed by atoms with E-state index in [1.807, 2.05) is 18.4 Å². The van der Waals surface area contributed by atoms with E-state index in [0.29, 0.717) is 4.80 Å². The van der Waals surface area contributed by atoms with Gasteiger partial charge < -0.3 is 10.9 Å². The summed E-state index contributed by atoms with van der Waals surface area (Å²) in [6.07, 6.45) is 1.56. The Balaban J connectivity index is 2.23. The van der Waals surface area contributed by atoms with Gasteiger partial charge in [-0.2, -0.15) is 5.10 Å². The third kappa shape index (κ3) is 2.73. The van der Waals surface area contributed by atoms with E-state index in [0.717, 1.165) is 11.3 Å². The minimum atomic E-state index is 0.204. The molecular weight excluding hydrogens is 236 g/mol. The van der Waals surface area contributed by atoms with Gasteiger partial charge in [-0.25, -0.2) is 4.68 Å². The fourth-order valence-corrected chi connectivity index (χ4v) is 1.97. The predicted octanol–water partition coefficient (Wildman–Crippen LogP) is 1.21. The molecule has 1 aromatic carbocycles. The third-order valence-corrected chi connectivity index (χ3v) is 3.09. The number of hydrogen-bond acceptors (Lipinski definition) is 5. The second-order valence-corrected chi connectivity index (χ2v) is 4.31. The Morgan fingerprint density at radius 3 is 2.94 bits per heavy atom. The van der Waals surface area contributed by atoms with E-state index in [1.54, 1.807) is 24.4 Å². The van der Waals surface area contributed by atoms with Gasteiger partial charge >= 0.3 is 0 Å². The maximum Gasteiger partial charge on any atom is 0.229 e. The van der Waals surface area contributed by atoms with E-state index in [4.69, 9.17) is 5.84 Å². The number of aryl methyl sites for hydroxylation is 1. The summed E-state index contributed by atoms with van der Waals surface area (Å²) in [6.45, 7) is 1.90. The van der Waals surface area contributed by atoms with Gasteiger partial charge in [0.25, 0.3) is 0 Å². The monoisotopic (exact) mass is 248 g/mol. The van der Waals surface area contributed by atoms with Crippen LogP contribution in [0.3, 0.4) is 0 Å². The van der Waals surface area contributed by atoms with Gasteiger partial charge in [0.15, 0.2) is 0 Å². The molecule has 1 heterocycles. The summed E-state index contributed by atoms with van der Waals surface area (Å²) in [6, 6.07) is 6.78. The number of phenolic OH excluding ortho intramolecular Hbond substituents is 1. The molecular formula is C11H12N4OS. The van der Waals surface area contributed by atoms with Crippen LogP contribution in [0.1, 0.15) is 11.3 Å². The maximum atomic E-state index is 9.26. The lowest BCUT2D eigenvalue weighted by Crippen LogP contribution is -2.23. The maximum absolute atomic E-state index is 9.26. The minimum absolute atomic E-state index is 0.204. The quantitative estimate of drug-likeness (QED) is 0.476. The second-order valence-electron chi connectivity index (χ2n) is 3.47. The first-order valence-corrected chi connectivity index (χ1v) is 5.83. The van der Waals surface area contributed by atoms with Crippen molar-refractivity contribution in [1.29, 1.82) is 0 Å². The predicted molar refractivity (Wildman–Crippen MR) is 68.5 cm³/mol. The topological polar surface area (TPSA) is 75.9 Å². The van der Waals surface area contributed by atoms with Crippen molar-refractivity contribution in [3.8, 4) is 5.75 Å². The number of aromatic hydroxyl groups is 1. The first-order valence-electron chi connectivity index (χ1n) is 4.95. The van der Waals surface area contributed by atoms with Gasteiger partial charge in [-0.3, -0.25) is 0 Å². The number of benzene rings is 1. The normalized spacial score (nSPS) is 12.4. The highest BCUT2D eigenvalue weighted by Gasteiger charge is 1.94. The van der Waals surface area contributed by atoms with Crippen LogP contribution >= 0.6 is 11.3 Å². The van der Waals surface area contributed by atoms with E-state index in [1.165, 1.54) is 16.0 Å². The number of phenols is 1. The lowest BCUT2D eigenvalue weighted by Gasteiger charge is -1.93. The molecule has 17 heavy (non-hydrogen) atoms. The Bertz CT molecular complexity index is 612. The van der Waals surface area contributed by atoms with Crippen LogP contribution in [0.15, 0.2) is 39.8 Å². The lowest BCUT2D eigenvalue weighted by atomic mass is 10.2. The molecule has 0 saturated heterocycles. The zero-order valence-electron chi connectivity index (χ0n) is 9.24. The molecule has 0 aliphatic rings. The number of aromatic nitrogens is 1. The highest BCUT2D eigenvalue weighted by molar-refractivity contribution is 7.07. The van der Waals surface area contributed by atoms with Crippen molar-refractivity contribution >= 4 is 17.6 Å². The van der Waals surface area contributed by atoms with E-state index in [9.17, 15) is 5.11 Å². The van der Waals surface area contributed by atoms with Gasteiger partial charge in [0.1, 0.15) is 5.75 Å². The van der Waals surface area contributed by atoms with Crippen LogP contribution in [0.25, 0.3) is 0 Å². The van der Waals surface area contributed by atoms with Gasteiger partial charge in [-0.05, 0) is 24.6 Å². The molecule has 0 saturated carbocycles. The molecule has 3 N–H and O–H groups in total. The van der Waals surface area contributed by atoms with Crippen LogP contribution in [0.2, 0.25) is 0 Å². The zero-order valence-corrected chi connectivity index (χ0v) is 10.1. The van der Waals surface area contributed by atoms with Crippen molar-refractivity contribution in [2.75, 3.05) is 5.84 Å². The number of hydrogen-bond donors (Lipinski definition) is 2. The highest BCUT2D eigenvalue weighted by Crippen LogP contribution is 2.08. The van der Waals surface area contributed by atoms with Crippen molar-refractivity contribution in [3.63, 3.8) is 0 Å². The molecule has 0 fully saturated rings. The standard InChI is InChI=1S/C11H12N4OS/c1-8-7-17-11(15(8)12)14-13-6-9-3-2-4-10(16)5-9/h2-7,16H,12H2,1H3/b13-6-,14-11-. The molecule has 2 rings (SSSR count). The number of nitrogens with two attached hydrogens (primary N) is 1. The largest absolute Gasteiger partial charge is 0.508 e. The molecule has 0 amide bonds. The fourth-order valence-electron chi connectivity index (χ4n) is 1.22. The smallest absolute Gasteiger partial charge is 0.229 e. The Morgan fingerprint density at radius 2 is 2.29 bits per heavy atom. The van der Waals surface area contributed by atoms with Crippen LogP contribution in [0.5, 0.6) is 5.75 Å². The van der Waals surface area contributed by atoms with Crippen LogP contribution in [0, 0.1) is 6.92 Å². The van der Waals surface area contributed by atoms with Crippen LogP contribution in [0.4, 0.5) is 0 Å². The van der Waals surface area contributed by atoms with E-state index in [2.05, 4.69) is 10.2 Å². The van der Waals surface area contributed by atoms with Crippen molar-refractivity contribution in [2.45, 2.75) is 6.92 Å².